The van der Waals surface area contributed by atoms with Crippen LogP contribution in [0.2, 0.25) is 0 Å². The van der Waals surface area contributed by atoms with Crippen LogP contribution in [-0.2, 0) is 19.6 Å². The van der Waals surface area contributed by atoms with Crippen molar-refractivity contribution >= 4 is 0 Å². The van der Waals surface area contributed by atoms with Crippen molar-refractivity contribution < 1.29 is 0 Å². The van der Waals surface area contributed by atoms with Crippen LogP contribution in [0.15, 0.2) is 34.0 Å². The maximum Gasteiger partial charge on any atom is 0.332 e. The van der Waals surface area contributed by atoms with E-state index in [1.807, 2.05) is 24.4 Å². The third kappa shape index (κ3) is 2.61. The quantitative estimate of drug-likeness (QED) is 0.761. The number of hydrogen-bond donors (Lipinski definition) is 0. The lowest BCUT2D eigenvalue weighted by molar-refractivity contribution is 0.256. The second kappa shape index (κ2) is 6.16. The van der Waals surface area contributed by atoms with Crippen molar-refractivity contribution in [3.05, 3.63) is 56.6 Å². The first kappa shape index (κ1) is 15.9. The van der Waals surface area contributed by atoms with Crippen LogP contribution in [0.3, 0.4) is 0 Å². The van der Waals surface area contributed by atoms with Gasteiger partial charge in [0, 0.05) is 50.8 Å². The molecule has 0 spiro atoms. The number of aromatic nitrogens is 4. The zero-order valence-electron chi connectivity index (χ0n) is 14.8. The van der Waals surface area contributed by atoms with Gasteiger partial charge in [0.15, 0.2) is 0 Å². The lowest BCUT2D eigenvalue weighted by atomic mass is 9.85. The monoisotopic (exact) mass is 353 g/mol. The van der Waals surface area contributed by atoms with Crippen LogP contribution >= 0.6 is 0 Å². The van der Waals surface area contributed by atoms with Gasteiger partial charge in [-0.3, -0.25) is 24.0 Å². The molecule has 0 N–H and O–H groups in total. The van der Waals surface area contributed by atoms with Gasteiger partial charge in [-0.1, -0.05) is 12.5 Å². The molecule has 136 valence electrons. The molecule has 1 saturated carbocycles. The van der Waals surface area contributed by atoms with E-state index in [9.17, 15) is 9.59 Å². The van der Waals surface area contributed by atoms with Crippen molar-refractivity contribution in [1.29, 1.82) is 0 Å². The van der Waals surface area contributed by atoms with Gasteiger partial charge >= 0.3 is 11.1 Å². The van der Waals surface area contributed by atoms with Gasteiger partial charge in [0.25, 0.3) is 0 Å². The van der Waals surface area contributed by atoms with E-state index in [1.54, 1.807) is 4.57 Å². The number of nitrogens with zero attached hydrogens (tertiary/aromatic N) is 5. The highest BCUT2D eigenvalue weighted by Crippen LogP contribution is 2.37. The molecule has 5 rings (SSSR count). The molecule has 2 atom stereocenters. The largest absolute Gasteiger partial charge is 0.332 e. The van der Waals surface area contributed by atoms with Gasteiger partial charge in [0.2, 0.25) is 0 Å². The molecule has 0 radical (unpaired) electrons. The molecule has 3 aliphatic rings. The van der Waals surface area contributed by atoms with Crippen molar-refractivity contribution in [2.24, 2.45) is 11.8 Å². The van der Waals surface area contributed by atoms with E-state index in [0.717, 1.165) is 44.0 Å². The maximum absolute atomic E-state index is 12.5. The first-order valence-corrected chi connectivity index (χ1v) is 9.53. The summed E-state index contributed by atoms with van der Waals surface area (Å²) in [4.78, 5) is 31.7. The van der Waals surface area contributed by atoms with Crippen LogP contribution in [0.25, 0.3) is 0 Å². The predicted molar refractivity (Wildman–Crippen MR) is 95.8 cm³/mol. The van der Waals surface area contributed by atoms with Crippen molar-refractivity contribution in [1.82, 2.24) is 24.2 Å². The van der Waals surface area contributed by atoms with E-state index < -0.39 is 5.56 Å². The normalized spacial score (nSPS) is 25.1. The molecule has 0 aromatic carbocycles. The molecule has 4 heterocycles. The molecule has 0 bridgehead atoms. The molecule has 0 amide bonds. The third-order valence-corrected chi connectivity index (χ3v) is 6.20. The SMILES string of the molecule is O=c1c(=O)n2c(nn1CC1CCC1)[C@@H]1CN(Cc3ccccn3)C[C@H]1C2. The molecular weight excluding hydrogens is 330 g/mol. The van der Waals surface area contributed by atoms with E-state index in [0.29, 0.717) is 24.9 Å². The van der Waals surface area contributed by atoms with Crippen molar-refractivity contribution in [2.45, 2.75) is 44.8 Å². The number of hydrogen-bond acceptors (Lipinski definition) is 5. The zero-order valence-corrected chi connectivity index (χ0v) is 14.8. The van der Waals surface area contributed by atoms with E-state index in [4.69, 9.17) is 0 Å². The highest BCUT2D eigenvalue weighted by Gasteiger charge is 2.42. The summed E-state index contributed by atoms with van der Waals surface area (Å²) in [6.45, 7) is 3.82. The first-order chi connectivity index (χ1) is 12.7. The Balaban J connectivity index is 1.40. The Kier molecular flexibility index (Phi) is 3.77. The fraction of sp³-hybridized carbons (Fsp3) is 0.579. The fourth-order valence-electron chi connectivity index (χ4n) is 4.57. The molecule has 7 nitrogen and oxygen atoms in total. The molecule has 2 aromatic rings. The Morgan fingerprint density at radius 3 is 2.69 bits per heavy atom. The van der Waals surface area contributed by atoms with Gasteiger partial charge in [0.05, 0.1) is 5.69 Å². The van der Waals surface area contributed by atoms with Crippen molar-refractivity contribution in [3.63, 3.8) is 0 Å². The fourth-order valence-corrected chi connectivity index (χ4v) is 4.57. The van der Waals surface area contributed by atoms with E-state index in [-0.39, 0.29) is 11.5 Å². The summed E-state index contributed by atoms with van der Waals surface area (Å²) >= 11 is 0. The molecule has 2 aromatic heterocycles. The molecule has 1 aliphatic carbocycles. The van der Waals surface area contributed by atoms with Gasteiger partial charge in [-0.15, -0.1) is 0 Å². The van der Waals surface area contributed by atoms with Crippen LogP contribution in [-0.4, -0.2) is 37.3 Å². The summed E-state index contributed by atoms with van der Waals surface area (Å²) < 4.78 is 3.08. The molecule has 7 heteroatoms. The van der Waals surface area contributed by atoms with Gasteiger partial charge in [-0.05, 0) is 30.9 Å². The van der Waals surface area contributed by atoms with Gasteiger partial charge in [-0.2, -0.15) is 5.10 Å². The highest BCUT2D eigenvalue weighted by molar-refractivity contribution is 5.13. The van der Waals surface area contributed by atoms with Crippen LogP contribution in [0.5, 0.6) is 0 Å². The summed E-state index contributed by atoms with van der Waals surface area (Å²) in [5.41, 5.74) is 0.221. The lowest BCUT2D eigenvalue weighted by Gasteiger charge is -2.25. The van der Waals surface area contributed by atoms with Crippen LogP contribution in [0, 0.1) is 11.8 Å². The van der Waals surface area contributed by atoms with E-state index >= 15 is 0 Å². The van der Waals surface area contributed by atoms with Gasteiger partial charge in [-0.25, -0.2) is 4.68 Å². The van der Waals surface area contributed by atoms with Gasteiger partial charge in [0.1, 0.15) is 5.82 Å². The van der Waals surface area contributed by atoms with Gasteiger partial charge < -0.3 is 0 Å². The second-order valence-corrected chi connectivity index (χ2v) is 7.94. The Morgan fingerprint density at radius 1 is 1.08 bits per heavy atom. The summed E-state index contributed by atoms with van der Waals surface area (Å²) in [5, 5.41) is 4.64. The number of rotatable bonds is 4. The Morgan fingerprint density at radius 2 is 1.96 bits per heavy atom. The Hall–Kier alpha value is -2.28. The number of pyridine rings is 1. The van der Waals surface area contributed by atoms with Crippen molar-refractivity contribution in [3.8, 4) is 0 Å². The van der Waals surface area contributed by atoms with Crippen LogP contribution in [0.4, 0.5) is 0 Å². The molecular formula is C19H23N5O2. The molecule has 2 aliphatic heterocycles. The maximum atomic E-state index is 12.5. The number of likely N-dealkylation sites (tertiary alicyclic amines) is 1. The van der Waals surface area contributed by atoms with Crippen LogP contribution < -0.4 is 11.1 Å². The standard InChI is InChI=1S/C19H23N5O2/c25-18-19(26)24(8-13-4-3-5-13)21-17-16-12-22(9-14(16)10-23(17)18)11-15-6-1-2-7-20-15/h1-2,6-7,13-14,16H,3-5,8-12H2/t14-,16+/m0/s1. The minimum Gasteiger partial charge on any atom is -0.296 e. The Bertz CT molecular complexity index is 931. The summed E-state index contributed by atoms with van der Waals surface area (Å²) in [6.07, 6.45) is 5.31. The molecule has 26 heavy (non-hydrogen) atoms. The zero-order chi connectivity index (χ0) is 17.7. The highest BCUT2D eigenvalue weighted by atomic mass is 16.2. The van der Waals surface area contributed by atoms with Crippen LogP contribution in [0.1, 0.15) is 36.7 Å². The Labute approximate surface area is 151 Å². The minimum absolute atomic E-state index is 0.236. The third-order valence-electron chi connectivity index (χ3n) is 6.20. The lowest BCUT2D eigenvalue weighted by Crippen LogP contribution is -2.45. The molecule has 2 fully saturated rings. The summed E-state index contributed by atoms with van der Waals surface area (Å²) in [5.74, 6) is 1.91. The second-order valence-electron chi connectivity index (χ2n) is 7.94. The number of fused-ring (bicyclic) bond motifs is 3. The summed E-state index contributed by atoms with van der Waals surface area (Å²) in [7, 11) is 0. The van der Waals surface area contributed by atoms with E-state index in [2.05, 4.69) is 15.0 Å². The first-order valence-electron chi connectivity index (χ1n) is 9.53. The smallest absolute Gasteiger partial charge is 0.296 e. The van der Waals surface area contributed by atoms with Crippen molar-refractivity contribution in [2.75, 3.05) is 13.1 Å². The average molecular weight is 353 g/mol. The molecule has 1 saturated heterocycles. The topological polar surface area (TPSA) is 73.0 Å². The minimum atomic E-state index is -0.453. The summed E-state index contributed by atoms with van der Waals surface area (Å²) in [6, 6.07) is 5.98. The average Bonchev–Trinajstić information content (AvgIpc) is 3.14. The molecule has 0 unspecified atom stereocenters. The predicted octanol–water partition coefficient (Wildman–Crippen LogP) is 0.829. The van der Waals surface area contributed by atoms with E-state index in [1.165, 1.54) is 11.1 Å².